The van der Waals surface area contributed by atoms with E-state index in [1.807, 2.05) is 32.0 Å². The largest absolute Gasteiger partial charge is 0.471 e. The van der Waals surface area contributed by atoms with Gasteiger partial charge in [-0.2, -0.15) is 4.98 Å². The molecule has 1 N–H and O–H groups in total. The van der Waals surface area contributed by atoms with E-state index in [9.17, 15) is 17.6 Å². The van der Waals surface area contributed by atoms with Crippen molar-refractivity contribution in [3.63, 3.8) is 0 Å². The van der Waals surface area contributed by atoms with Gasteiger partial charge >= 0.3 is 0 Å². The summed E-state index contributed by atoms with van der Waals surface area (Å²) in [6.45, 7) is 5.69. The fourth-order valence-corrected chi connectivity index (χ4v) is 7.45. The van der Waals surface area contributed by atoms with Crippen molar-refractivity contribution in [3.8, 4) is 17.1 Å². The molecular formula is C31H36FN5O4S. The highest BCUT2D eigenvalue weighted by Gasteiger charge is 2.34. The normalized spacial score (nSPS) is 24.3. The lowest BCUT2D eigenvalue weighted by Crippen LogP contribution is -2.44. The molecule has 1 saturated heterocycles. The van der Waals surface area contributed by atoms with Crippen molar-refractivity contribution in [2.24, 2.45) is 5.92 Å². The van der Waals surface area contributed by atoms with E-state index in [2.05, 4.69) is 19.6 Å². The van der Waals surface area contributed by atoms with Crippen molar-refractivity contribution in [2.75, 3.05) is 37.6 Å². The molecule has 2 fully saturated rings. The average molecular weight is 594 g/mol. The first-order chi connectivity index (χ1) is 20.2. The van der Waals surface area contributed by atoms with Crippen LogP contribution in [0, 0.1) is 19.8 Å². The fourth-order valence-electron chi connectivity index (χ4n) is 6.46. The van der Waals surface area contributed by atoms with E-state index < -0.39 is 16.1 Å². The molecule has 11 heteroatoms. The second kappa shape index (κ2) is 11.6. The predicted molar refractivity (Wildman–Crippen MR) is 158 cm³/mol. The Morgan fingerprint density at radius 3 is 2.45 bits per heavy atom. The van der Waals surface area contributed by atoms with Gasteiger partial charge in [0.05, 0.1) is 23.8 Å². The van der Waals surface area contributed by atoms with Crippen molar-refractivity contribution < 1.29 is 22.3 Å². The molecule has 42 heavy (non-hydrogen) atoms. The van der Waals surface area contributed by atoms with E-state index in [4.69, 9.17) is 4.74 Å². The molecule has 1 amide bonds. The third-order valence-electron chi connectivity index (χ3n) is 8.70. The summed E-state index contributed by atoms with van der Waals surface area (Å²) < 4.78 is 49.2. The summed E-state index contributed by atoms with van der Waals surface area (Å²) in [6, 6.07) is 14.0. The average Bonchev–Trinajstić information content (AvgIpc) is 3.18. The monoisotopic (exact) mass is 593 g/mol. The van der Waals surface area contributed by atoms with Gasteiger partial charge in [-0.15, -0.1) is 0 Å². The first kappa shape index (κ1) is 28.5. The molecule has 2 aliphatic heterocycles. The molecular weight excluding hydrogens is 557 g/mol. The van der Waals surface area contributed by atoms with Gasteiger partial charge in [-0.1, -0.05) is 24.3 Å². The van der Waals surface area contributed by atoms with Crippen LogP contribution in [-0.2, 0) is 10.0 Å². The van der Waals surface area contributed by atoms with E-state index >= 15 is 0 Å². The number of alkyl halides is 1. The Morgan fingerprint density at radius 2 is 1.71 bits per heavy atom. The van der Waals surface area contributed by atoms with E-state index in [0.717, 1.165) is 42.4 Å². The van der Waals surface area contributed by atoms with Gasteiger partial charge in [0, 0.05) is 42.9 Å². The van der Waals surface area contributed by atoms with Crippen molar-refractivity contribution in [2.45, 2.75) is 56.6 Å². The van der Waals surface area contributed by atoms with Crippen LogP contribution in [0.25, 0.3) is 11.3 Å². The highest BCUT2D eigenvalue weighted by Crippen LogP contribution is 2.32. The molecule has 1 saturated carbocycles. The number of aryl methyl sites for hydroxylation is 2. The second-order valence-corrected chi connectivity index (χ2v) is 13.3. The third-order valence-corrected chi connectivity index (χ3v) is 10.0. The highest BCUT2D eigenvalue weighted by atomic mass is 32.2. The molecule has 6 bridgehead atoms. The molecule has 6 rings (SSSR count). The summed E-state index contributed by atoms with van der Waals surface area (Å²) >= 11 is 0. The molecule has 3 aliphatic rings. The summed E-state index contributed by atoms with van der Waals surface area (Å²) in [7, 11) is -4.10. The number of nitrogens with zero attached hydrogens (tertiary/aromatic N) is 4. The third kappa shape index (κ3) is 5.85. The zero-order valence-corrected chi connectivity index (χ0v) is 24.7. The number of aromatic nitrogens is 2. The van der Waals surface area contributed by atoms with Crippen LogP contribution in [0.15, 0.2) is 53.4 Å². The first-order valence-corrected chi connectivity index (χ1v) is 16.0. The van der Waals surface area contributed by atoms with Crippen molar-refractivity contribution >= 4 is 21.9 Å². The standard InChI is InChI=1S/C31H36FN5O4S/c1-20-5-3-6-21(2)29(20)27-16-28-34-31(33-27)35-42(39,40)26-8-4-7-23(15-26)30(38)37-14-13-36(18-25(19-37)41-28)24-11-9-22(17-32)10-12-24/h3-8,15-16,22,24-25H,9-14,17-19H2,1-2H3,(H,33,34,35)/t22-,24+,25-/m1/s1. The van der Waals surface area contributed by atoms with Crippen LogP contribution in [0.5, 0.6) is 5.88 Å². The molecule has 3 heterocycles. The summed E-state index contributed by atoms with van der Waals surface area (Å²) in [4.78, 5) is 26.9. The number of hydrogen-bond acceptors (Lipinski definition) is 7. The van der Waals surface area contributed by atoms with Crippen molar-refractivity contribution in [1.82, 2.24) is 19.8 Å². The molecule has 3 aromatic rings. The number of fused-ring (bicyclic) bond motifs is 6. The number of carbonyl (C=O) groups is 1. The van der Waals surface area contributed by atoms with Crippen molar-refractivity contribution in [3.05, 3.63) is 65.2 Å². The zero-order valence-electron chi connectivity index (χ0n) is 23.9. The lowest BCUT2D eigenvalue weighted by molar-refractivity contribution is 0.0679. The van der Waals surface area contributed by atoms with Gasteiger partial charge in [-0.05, 0) is 74.8 Å². The highest BCUT2D eigenvalue weighted by molar-refractivity contribution is 7.92. The number of rotatable bonds is 3. The molecule has 1 aliphatic carbocycles. The van der Waals surface area contributed by atoms with Gasteiger partial charge in [-0.25, -0.2) is 18.1 Å². The predicted octanol–water partition coefficient (Wildman–Crippen LogP) is 4.61. The molecule has 0 spiro atoms. The van der Waals surface area contributed by atoms with Crippen LogP contribution >= 0.6 is 0 Å². The Balaban J connectivity index is 1.43. The Hall–Kier alpha value is -3.57. The number of hydrogen-bond donors (Lipinski definition) is 1. The van der Waals surface area contributed by atoms with Gasteiger partial charge < -0.3 is 9.64 Å². The van der Waals surface area contributed by atoms with Crippen LogP contribution in [0.4, 0.5) is 10.3 Å². The number of carbonyl (C=O) groups excluding carboxylic acids is 1. The summed E-state index contributed by atoms with van der Waals surface area (Å²) in [5.41, 5.74) is 3.68. The van der Waals surface area contributed by atoms with Gasteiger partial charge in [-0.3, -0.25) is 14.1 Å². The van der Waals surface area contributed by atoms with E-state index in [1.165, 1.54) is 12.1 Å². The van der Waals surface area contributed by atoms with Gasteiger partial charge in [0.25, 0.3) is 15.9 Å². The van der Waals surface area contributed by atoms with Crippen LogP contribution in [-0.4, -0.2) is 79.1 Å². The minimum Gasteiger partial charge on any atom is -0.471 e. The Labute approximate surface area is 246 Å². The molecule has 222 valence electrons. The van der Waals surface area contributed by atoms with Crippen molar-refractivity contribution in [1.29, 1.82) is 0 Å². The quantitative estimate of drug-likeness (QED) is 0.473. The minimum atomic E-state index is -4.10. The second-order valence-electron chi connectivity index (χ2n) is 11.6. The topological polar surface area (TPSA) is 105 Å². The Bertz CT molecular complexity index is 1570. The van der Waals surface area contributed by atoms with Crippen LogP contribution in [0.1, 0.15) is 47.2 Å². The zero-order chi connectivity index (χ0) is 29.4. The Kier molecular flexibility index (Phi) is 7.89. The summed E-state index contributed by atoms with van der Waals surface area (Å²) in [5, 5.41) is 0. The molecule has 1 aromatic heterocycles. The van der Waals surface area contributed by atoms with Gasteiger partial charge in [0.1, 0.15) is 6.10 Å². The van der Waals surface area contributed by atoms with Crippen LogP contribution < -0.4 is 9.46 Å². The lowest BCUT2D eigenvalue weighted by Gasteiger charge is -2.36. The number of amides is 1. The minimum absolute atomic E-state index is 0.0474. The maximum Gasteiger partial charge on any atom is 0.264 e. The number of benzene rings is 2. The summed E-state index contributed by atoms with van der Waals surface area (Å²) in [6.07, 6.45) is 3.10. The fraction of sp³-hybridized carbons (Fsp3) is 0.452. The van der Waals surface area contributed by atoms with E-state index in [1.54, 1.807) is 23.1 Å². The van der Waals surface area contributed by atoms with Gasteiger partial charge in [0.15, 0.2) is 0 Å². The lowest BCUT2D eigenvalue weighted by atomic mass is 9.86. The molecule has 0 radical (unpaired) electrons. The number of halogens is 1. The maximum atomic E-state index is 13.7. The van der Waals surface area contributed by atoms with Crippen LogP contribution in [0.2, 0.25) is 0 Å². The summed E-state index contributed by atoms with van der Waals surface area (Å²) in [5.74, 6) is -0.000633. The number of sulfonamides is 1. The van der Waals surface area contributed by atoms with E-state index in [0.29, 0.717) is 31.9 Å². The Morgan fingerprint density at radius 1 is 0.976 bits per heavy atom. The SMILES string of the molecule is Cc1cccc(C)c1-c1cc2nc(n1)NS(=O)(=O)c1cccc(c1)C(=O)N1CCN([C@H]3CC[C@@H](CF)CC3)C[C@H](C1)O2. The molecule has 9 nitrogen and oxygen atoms in total. The maximum absolute atomic E-state index is 13.7. The molecule has 1 atom stereocenters. The molecule has 2 aromatic carbocycles. The number of nitrogens with one attached hydrogen (secondary N) is 1. The van der Waals surface area contributed by atoms with E-state index in [-0.39, 0.29) is 46.8 Å². The van der Waals surface area contributed by atoms with Gasteiger partial charge in [0.2, 0.25) is 11.8 Å². The number of anilines is 1. The molecule has 0 unspecified atom stereocenters. The smallest absolute Gasteiger partial charge is 0.264 e. The number of ether oxygens (including phenoxy) is 1. The van der Waals surface area contributed by atoms with Crippen LogP contribution in [0.3, 0.4) is 0 Å². The first-order valence-electron chi connectivity index (χ1n) is 14.5.